The van der Waals surface area contributed by atoms with Crippen LogP contribution in [0.4, 0.5) is 0 Å². The lowest BCUT2D eigenvalue weighted by atomic mass is 10.1. The Bertz CT molecular complexity index is 564. The highest BCUT2D eigenvalue weighted by molar-refractivity contribution is 6.30. The van der Waals surface area contributed by atoms with Crippen molar-refractivity contribution in [1.29, 1.82) is 0 Å². The Balaban J connectivity index is 1.95. The molecule has 3 rings (SSSR count). The van der Waals surface area contributed by atoms with Gasteiger partial charge in [-0.15, -0.1) is 0 Å². The van der Waals surface area contributed by atoms with Crippen LogP contribution in [0.1, 0.15) is 28.7 Å². The number of aromatic nitrogens is 2. The van der Waals surface area contributed by atoms with Crippen LogP contribution in [0, 0.1) is 13.8 Å². The van der Waals surface area contributed by atoms with Crippen molar-refractivity contribution in [3.05, 3.63) is 52.1 Å². The third kappa shape index (κ3) is 1.85. The van der Waals surface area contributed by atoms with E-state index in [9.17, 15) is 0 Å². The highest BCUT2D eigenvalue weighted by Gasteiger charge is 2.27. The lowest BCUT2D eigenvalue weighted by molar-refractivity contribution is 0.227. The van der Waals surface area contributed by atoms with Crippen molar-refractivity contribution < 1.29 is 4.74 Å². The van der Waals surface area contributed by atoms with Crippen LogP contribution in [0.15, 0.2) is 24.3 Å². The summed E-state index contributed by atoms with van der Waals surface area (Å²) in [4.78, 5) is 8.81. The molecule has 0 fully saturated rings. The molecule has 3 nitrogen and oxygen atoms in total. The minimum atomic E-state index is -0.126. The fraction of sp³-hybridized carbons (Fsp3) is 0.286. The molecule has 0 amide bonds. The summed E-state index contributed by atoms with van der Waals surface area (Å²) in [7, 11) is 0. The lowest BCUT2D eigenvalue weighted by Crippen LogP contribution is -2.10. The zero-order chi connectivity index (χ0) is 12.7. The van der Waals surface area contributed by atoms with Crippen molar-refractivity contribution >= 4 is 11.6 Å². The number of aryl methyl sites for hydroxylation is 1. The van der Waals surface area contributed by atoms with Gasteiger partial charge in [-0.3, -0.25) is 0 Å². The van der Waals surface area contributed by atoms with Gasteiger partial charge in [-0.2, -0.15) is 0 Å². The van der Waals surface area contributed by atoms with Gasteiger partial charge in [0.25, 0.3) is 0 Å². The Morgan fingerprint density at radius 1 is 1.22 bits per heavy atom. The molecule has 0 saturated heterocycles. The van der Waals surface area contributed by atoms with Gasteiger partial charge < -0.3 is 4.74 Å². The van der Waals surface area contributed by atoms with Crippen molar-refractivity contribution in [2.24, 2.45) is 0 Å². The van der Waals surface area contributed by atoms with Gasteiger partial charge in [0.1, 0.15) is 10.9 Å². The summed E-state index contributed by atoms with van der Waals surface area (Å²) in [6.07, 6.45) is 0.675. The predicted molar refractivity (Wildman–Crippen MR) is 70.0 cm³/mol. The van der Waals surface area contributed by atoms with Crippen molar-refractivity contribution in [3.8, 4) is 5.75 Å². The van der Waals surface area contributed by atoms with Crippen molar-refractivity contribution in [2.75, 3.05) is 0 Å². The Labute approximate surface area is 111 Å². The van der Waals surface area contributed by atoms with Gasteiger partial charge in [-0.1, -0.05) is 29.8 Å². The van der Waals surface area contributed by atoms with E-state index in [4.69, 9.17) is 16.3 Å². The standard InChI is InChI=1S/C14H13ClN2O/c1-8-9(2)16-14(17-13(8)15)12-7-10-5-3-4-6-11(10)18-12/h3-6,12H,7H2,1-2H3. The maximum Gasteiger partial charge on any atom is 0.171 e. The quantitative estimate of drug-likeness (QED) is 0.737. The molecule has 1 aromatic carbocycles. The topological polar surface area (TPSA) is 35.0 Å². The molecule has 1 atom stereocenters. The average molecular weight is 261 g/mol. The fourth-order valence-electron chi connectivity index (χ4n) is 2.08. The highest BCUT2D eigenvalue weighted by Crippen LogP contribution is 2.35. The molecule has 1 unspecified atom stereocenters. The van der Waals surface area contributed by atoms with E-state index in [1.807, 2.05) is 32.0 Å². The summed E-state index contributed by atoms with van der Waals surface area (Å²) >= 11 is 6.10. The molecule has 1 aliphatic heterocycles. The summed E-state index contributed by atoms with van der Waals surface area (Å²) in [5.41, 5.74) is 3.03. The molecule has 2 aromatic rings. The van der Waals surface area contributed by atoms with Crippen LogP contribution in [0.25, 0.3) is 0 Å². The Morgan fingerprint density at radius 2 is 2.00 bits per heavy atom. The van der Waals surface area contributed by atoms with E-state index in [0.29, 0.717) is 11.0 Å². The number of hydrogen-bond donors (Lipinski definition) is 0. The average Bonchev–Trinajstić information content (AvgIpc) is 2.79. The van der Waals surface area contributed by atoms with E-state index >= 15 is 0 Å². The minimum absolute atomic E-state index is 0.126. The SMILES string of the molecule is Cc1nc(C2Cc3ccccc3O2)nc(Cl)c1C. The second-order valence-corrected chi connectivity index (χ2v) is 4.86. The van der Waals surface area contributed by atoms with Gasteiger partial charge in [0, 0.05) is 17.7 Å². The molecule has 0 spiro atoms. The molecular weight excluding hydrogens is 248 g/mol. The van der Waals surface area contributed by atoms with Crippen LogP contribution >= 0.6 is 11.6 Å². The van der Waals surface area contributed by atoms with E-state index in [1.165, 1.54) is 5.56 Å². The number of hydrogen-bond acceptors (Lipinski definition) is 3. The van der Waals surface area contributed by atoms with E-state index in [0.717, 1.165) is 23.4 Å². The molecule has 1 aliphatic rings. The summed E-state index contributed by atoms with van der Waals surface area (Å²) in [6, 6.07) is 8.02. The number of ether oxygens (including phenoxy) is 1. The minimum Gasteiger partial charge on any atom is -0.482 e. The van der Waals surface area contributed by atoms with Crippen LogP contribution < -0.4 is 4.74 Å². The van der Waals surface area contributed by atoms with Gasteiger partial charge in [0.15, 0.2) is 11.9 Å². The number of para-hydroxylation sites is 1. The maximum atomic E-state index is 6.10. The molecular formula is C14H13ClN2O. The Kier molecular flexibility index (Phi) is 2.71. The van der Waals surface area contributed by atoms with Crippen LogP contribution in [-0.4, -0.2) is 9.97 Å². The van der Waals surface area contributed by atoms with Crippen molar-refractivity contribution in [2.45, 2.75) is 26.4 Å². The molecule has 0 N–H and O–H groups in total. The number of halogens is 1. The normalized spacial score (nSPS) is 17.4. The Hall–Kier alpha value is -1.61. The predicted octanol–water partition coefficient (Wildman–Crippen LogP) is 3.42. The molecule has 92 valence electrons. The zero-order valence-electron chi connectivity index (χ0n) is 10.3. The molecule has 2 heterocycles. The van der Waals surface area contributed by atoms with Gasteiger partial charge in [0.2, 0.25) is 0 Å². The van der Waals surface area contributed by atoms with Gasteiger partial charge in [-0.25, -0.2) is 9.97 Å². The van der Waals surface area contributed by atoms with Crippen LogP contribution in [-0.2, 0) is 6.42 Å². The largest absolute Gasteiger partial charge is 0.482 e. The molecule has 0 radical (unpaired) electrons. The fourth-order valence-corrected chi connectivity index (χ4v) is 2.31. The maximum absolute atomic E-state index is 6.10. The zero-order valence-corrected chi connectivity index (χ0v) is 11.0. The molecule has 18 heavy (non-hydrogen) atoms. The summed E-state index contributed by atoms with van der Waals surface area (Å²) in [5, 5.41) is 0.511. The second kappa shape index (κ2) is 4.25. The van der Waals surface area contributed by atoms with E-state index in [2.05, 4.69) is 16.0 Å². The number of benzene rings is 1. The molecule has 0 saturated carbocycles. The molecule has 1 aromatic heterocycles. The first-order chi connectivity index (χ1) is 8.65. The summed E-state index contributed by atoms with van der Waals surface area (Å²) in [6.45, 7) is 3.86. The van der Waals surface area contributed by atoms with Gasteiger partial charge in [-0.05, 0) is 25.5 Å². The summed E-state index contributed by atoms with van der Waals surface area (Å²) < 4.78 is 5.86. The first kappa shape index (κ1) is 11.5. The van der Waals surface area contributed by atoms with Crippen molar-refractivity contribution in [3.63, 3.8) is 0 Å². The number of rotatable bonds is 1. The first-order valence-electron chi connectivity index (χ1n) is 5.90. The number of fused-ring (bicyclic) bond motifs is 1. The summed E-state index contributed by atoms with van der Waals surface area (Å²) in [5.74, 6) is 1.58. The van der Waals surface area contributed by atoms with Gasteiger partial charge >= 0.3 is 0 Å². The lowest BCUT2D eigenvalue weighted by Gasteiger charge is -2.11. The highest BCUT2D eigenvalue weighted by atomic mass is 35.5. The number of nitrogens with zero attached hydrogens (tertiary/aromatic N) is 2. The Morgan fingerprint density at radius 3 is 2.72 bits per heavy atom. The second-order valence-electron chi connectivity index (χ2n) is 4.50. The van der Waals surface area contributed by atoms with Crippen LogP contribution in [0.3, 0.4) is 0 Å². The van der Waals surface area contributed by atoms with Crippen LogP contribution in [0.2, 0.25) is 5.15 Å². The third-order valence-electron chi connectivity index (χ3n) is 3.28. The monoisotopic (exact) mass is 260 g/mol. The van der Waals surface area contributed by atoms with E-state index in [1.54, 1.807) is 0 Å². The van der Waals surface area contributed by atoms with E-state index < -0.39 is 0 Å². The smallest absolute Gasteiger partial charge is 0.171 e. The third-order valence-corrected chi connectivity index (χ3v) is 3.65. The molecule has 0 aliphatic carbocycles. The van der Waals surface area contributed by atoms with Crippen molar-refractivity contribution in [1.82, 2.24) is 9.97 Å². The van der Waals surface area contributed by atoms with E-state index in [-0.39, 0.29) is 6.10 Å². The molecule has 4 heteroatoms. The first-order valence-corrected chi connectivity index (χ1v) is 6.28. The van der Waals surface area contributed by atoms with Crippen LogP contribution in [0.5, 0.6) is 5.75 Å². The van der Waals surface area contributed by atoms with Gasteiger partial charge in [0.05, 0.1) is 0 Å². The molecule has 0 bridgehead atoms.